The predicted octanol–water partition coefficient (Wildman–Crippen LogP) is 3.66. The molecular formula is C24H30F3N7O2. The van der Waals surface area contributed by atoms with Crippen LogP contribution in [0.1, 0.15) is 51.6 Å². The van der Waals surface area contributed by atoms with E-state index in [2.05, 4.69) is 20.2 Å². The molecule has 2 unspecified atom stereocenters. The van der Waals surface area contributed by atoms with E-state index in [-0.39, 0.29) is 29.2 Å². The maximum absolute atomic E-state index is 14.4. The highest BCUT2D eigenvalue weighted by atomic mass is 19.4. The number of piperidine rings is 1. The molecule has 3 aromatic rings. The van der Waals surface area contributed by atoms with E-state index in [0.717, 1.165) is 12.8 Å². The number of alkyl halides is 3. The summed E-state index contributed by atoms with van der Waals surface area (Å²) in [5, 5.41) is 21.5. The van der Waals surface area contributed by atoms with E-state index in [4.69, 9.17) is 9.72 Å². The van der Waals surface area contributed by atoms with Gasteiger partial charge in [-0.25, -0.2) is 4.98 Å². The maximum Gasteiger partial charge on any atom is 0.435 e. The van der Waals surface area contributed by atoms with Crippen molar-refractivity contribution in [1.29, 1.82) is 0 Å². The van der Waals surface area contributed by atoms with Crippen LogP contribution < -0.4 is 9.80 Å². The van der Waals surface area contributed by atoms with E-state index >= 15 is 0 Å². The summed E-state index contributed by atoms with van der Waals surface area (Å²) in [4.78, 5) is 8.99. The van der Waals surface area contributed by atoms with Gasteiger partial charge in [0.1, 0.15) is 5.82 Å². The van der Waals surface area contributed by atoms with E-state index in [1.807, 2.05) is 18.7 Å². The number of hydrogen-bond donors (Lipinski definition) is 2. The van der Waals surface area contributed by atoms with Crippen LogP contribution in [0.4, 0.5) is 24.7 Å². The van der Waals surface area contributed by atoms with Gasteiger partial charge in [-0.1, -0.05) is 6.92 Å². The van der Waals surface area contributed by atoms with Crippen LogP contribution in [0.25, 0.3) is 16.9 Å². The molecule has 3 fully saturated rings. The molecule has 0 aromatic carbocycles. The van der Waals surface area contributed by atoms with Crippen molar-refractivity contribution in [1.82, 2.24) is 25.0 Å². The van der Waals surface area contributed by atoms with Crippen molar-refractivity contribution in [2.75, 3.05) is 29.6 Å². The number of pyridine rings is 1. The van der Waals surface area contributed by atoms with Gasteiger partial charge in [0.25, 0.3) is 0 Å². The molecular weight excluding hydrogens is 475 g/mol. The van der Waals surface area contributed by atoms with Gasteiger partial charge >= 0.3 is 6.18 Å². The van der Waals surface area contributed by atoms with Gasteiger partial charge in [-0.15, -0.1) is 0 Å². The summed E-state index contributed by atoms with van der Waals surface area (Å²) in [6.07, 6.45) is 0.260. The molecule has 6 rings (SSSR count). The van der Waals surface area contributed by atoms with Crippen molar-refractivity contribution in [3.63, 3.8) is 0 Å². The Morgan fingerprint density at radius 1 is 1.25 bits per heavy atom. The number of halogens is 3. The lowest BCUT2D eigenvalue weighted by molar-refractivity contribution is -0.140. The fourth-order valence-electron chi connectivity index (χ4n) is 6.17. The molecule has 36 heavy (non-hydrogen) atoms. The second kappa shape index (κ2) is 8.34. The summed E-state index contributed by atoms with van der Waals surface area (Å²) in [7, 11) is 0. The van der Waals surface area contributed by atoms with Crippen LogP contribution in [0.3, 0.4) is 0 Å². The second-order valence-corrected chi connectivity index (χ2v) is 10.3. The standard InChI is InChI=1S/C24H30F3N7O2/c1-3-23(35)7-9-32(14(2)11-23)17-10-19(33-15-4-5-16(33)13-36-12-15)29-22-20(17)21(24(25,26)27)31-34(22)18-6-8-28-30-18/h6,8,10,14-16,35H,3-5,7,9,11-13H2,1-2H3,(H,28,30)/t14-,15?,16?,23+/m1/s1. The topological polar surface area (TPSA) is 95.3 Å². The summed E-state index contributed by atoms with van der Waals surface area (Å²) in [5.41, 5.74) is -1.21. The number of hydrogen-bond acceptors (Lipinski definition) is 7. The zero-order valence-corrected chi connectivity index (χ0v) is 20.3. The molecule has 3 aromatic heterocycles. The molecule has 3 aliphatic heterocycles. The Morgan fingerprint density at radius 2 is 2.00 bits per heavy atom. The first-order valence-electron chi connectivity index (χ1n) is 12.5. The number of aromatic nitrogens is 5. The Bertz CT molecular complexity index is 1240. The van der Waals surface area contributed by atoms with Gasteiger partial charge in [-0.2, -0.15) is 28.1 Å². The average molecular weight is 506 g/mol. The third-order valence-corrected chi connectivity index (χ3v) is 8.08. The van der Waals surface area contributed by atoms with Crippen molar-refractivity contribution in [2.24, 2.45) is 0 Å². The summed E-state index contributed by atoms with van der Waals surface area (Å²) in [6, 6.07) is 3.47. The van der Waals surface area contributed by atoms with Crippen LogP contribution in [-0.2, 0) is 10.9 Å². The van der Waals surface area contributed by atoms with Crippen LogP contribution in [0.2, 0.25) is 0 Å². The number of ether oxygens (including phenoxy) is 1. The molecule has 12 heteroatoms. The van der Waals surface area contributed by atoms with E-state index in [0.29, 0.717) is 56.3 Å². The van der Waals surface area contributed by atoms with Gasteiger partial charge in [-0.05, 0) is 39.0 Å². The highest BCUT2D eigenvalue weighted by Crippen LogP contribution is 2.44. The van der Waals surface area contributed by atoms with Gasteiger partial charge < -0.3 is 19.6 Å². The molecule has 3 aliphatic rings. The van der Waals surface area contributed by atoms with Gasteiger partial charge in [0, 0.05) is 24.7 Å². The Hall–Kier alpha value is -2.86. The van der Waals surface area contributed by atoms with Gasteiger partial charge in [0.05, 0.1) is 48.2 Å². The molecule has 2 bridgehead atoms. The zero-order chi connectivity index (χ0) is 25.2. The minimum Gasteiger partial charge on any atom is -0.390 e. The first-order valence-corrected chi connectivity index (χ1v) is 12.5. The summed E-state index contributed by atoms with van der Waals surface area (Å²) >= 11 is 0. The molecule has 3 saturated heterocycles. The lowest BCUT2D eigenvalue weighted by Crippen LogP contribution is -2.49. The lowest BCUT2D eigenvalue weighted by Gasteiger charge is -2.44. The molecule has 0 amide bonds. The number of fused-ring (bicyclic) bond motifs is 3. The molecule has 9 nitrogen and oxygen atoms in total. The zero-order valence-electron chi connectivity index (χ0n) is 20.3. The van der Waals surface area contributed by atoms with Gasteiger partial charge in [0.2, 0.25) is 0 Å². The maximum atomic E-state index is 14.4. The smallest absolute Gasteiger partial charge is 0.390 e. The first kappa shape index (κ1) is 23.5. The third-order valence-electron chi connectivity index (χ3n) is 8.08. The molecule has 2 N–H and O–H groups in total. The predicted molar refractivity (Wildman–Crippen MR) is 127 cm³/mol. The van der Waals surface area contributed by atoms with Gasteiger partial charge in [0.15, 0.2) is 17.2 Å². The molecule has 6 heterocycles. The largest absolute Gasteiger partial charge is 0.435 e. The van der Waals surface area contributed by atoms with Gasteiger partial charge in [-0.3, -0.25) is 5.10 Å². The van der Waals surface area contributed by atoms with E-state index in [1.165, 1.54) is 10.9 Å². The van der Waals surface area contributed by atoms with Crippen molar-refractivity contribution in [2.45, 2.75) is 75.9 Å². The number of rotatable bonds is 4. The van der Waals surface area contributed by atoms with Crippen LogP contribution in [-0.4, -0.2) is 73.6 Å². The molecule has 0 saturated carbocycles. The Balaban J connectivity index is 1.58. The lowest BCUT2D eigenvalue weighted by atomic mass is 9.84. The Kier molecular flexibility index (Phi) is 5.45. The average Bonchev–Trinajstić information content (AvgIpc) is 3.55. The summed E-state index contributed by atoms with van der Waals surface area (Å²) in [6.45, 7) is 5.48. The second-order valence-electron chi connectivity index (χ2n) is 10.3. The van der Waals surface area contributed by atoms with E-state index in [1.54, 1.807) is 12.1 Å². The van der Waals surface area contributed by atoms with Crippen molar-refractivity contribution >= 4 is 22.5 Å². The Morgan fingerprint density at radius 3 is 2.61 bits per heavy atom. The van der Waals surface area contributed by atoms with Crippen LogP contribution in [0.5, 0.6) is 0 Å². The minimum atomic E-state index is -4.68. The van der Waals surface area contributed by atoms with Crippen molar-refractivity contribution < 1.29 is 23.0 Å². The fraction of sp³-hybridized carbons (Fsp3) is 0.625. The number of nitrogens with zero attached hydrogens (tertiary/aromatic N) is 6. The number of anilines is 2. The number of morpholine rings is 1. The monoisotopic (exact) mass is 505 g/mol. The molecule has 0 aliphatic carbocycles. The van der Waals surface area contributed by atoms with Crippen molar-refractivity contribution in [3.8, 4) is 5.82 Å². The first-order chi connectivity index (χ1) is 17.2. The number of aliphatic hydroxyl groups is 1. The molecule has 4 atom stereocenters. The quantitative estimate of drug-likeness (QED) is 0.559. The Labute approximate surface area is 206 Å². The number of aromatic amines is 1. The van der Waals surface area contributed by atoms with Crippen LogP contribution in [0.15, 0.2) is 18.3 Å². The third kappa shape index (κ3) is 3.73. The number of nitrogens with one attached hydrogen (secondary N) is 1. The summed E-state index contributed by atoms with van der Waals surface area (Å²) in [5.74, 6) is 0.939. The van der Waals surface area contributed by atoms with Crippen LogP contribution >= 0.6 is 0 Å². The highest BCUT2D eigenvalue weighted by Gasteiger charge is 2.44. The molecule has 0 radical (unpaired) electrons. The number of H-pyrrole nitrogens is 1. The van der Waals surface area contributed by atoms with E-state index < -0.39 is 17.5 Å². The minimum absolute atomic E-state index is 0.0322. The fourth-order valence-corrected chi connectivity index (χ4v) is 6.17. The molecule has 194 valence electrons. The highest BCUT2D eigenvalue weighted by molar-refractivity contribution is 5.95. The van der Waals surface area contributed by atoms with E-state index in [9.17, 15) is 18.3 Å². The SMILES string of the molecule is CC[C@]1(O)CCN(c2cc(N3C4CCC3COC4)nc3c2c(C(F)(F)F)nn3-c2ccn[nH]2)[C@H](C)C1. The summed E-state index contributed by atoms with van der Waals surface area (Å²) < 4.78 is 50.1. The molecule has 0 spiro atoms. The van der Waals surface area contributed by atoms with Crippen LogP contribution in [0, 0.1) is 0 Å². The normalized spacial score (nSPS) is 28.9. The van der Waals surface area contributed by atoms with Crippen molar-refractivity contribution in [3.05, 3.63) is 24.0 Å².